The Bertz CT molecular complexity index is 520. The number of rotatable bonds is 7. The fourth-order valence-corrected chi connectivity index (χ4v) is 2.71. The van der Waals surface area contributed by atoms with E-state index in [1.807, 2.05) is 12.1 Å². The normalized spacial score (nSPS) is 13.3. The molecule has 1 aromatic rings. The molecule has 0 aromatic heterocycles. The zero-order valence-corrected chi connectivity index (χ0v) is 13.1. The maximum Gasteiger partial charge on any atom is 0.220 e. The summed E-state index contributed by atoms with van der Waals surface area (Å²) in [7, 11) is 0. The van der Waals surface area contributed by atoms with E-state index in [0.717, 1.165) is 24.8 Å². The number of fused-ring (bicyclic) bond motifs is 1. The highest BCUT2D eigenvalue weighted by Crippen LogP contribution is 2.23. The van der Waals surface area contributed by atoms with Crippen LogP contribution < -0.4 is 5.32 Å². The van der Waals surface area contributed by atoms with Gasteiger partial charge in [0.05, 0.1) is 0 Å². The van der Waals surface area contributed by atoms with Crippen molar-refractivity contribution in [3.63, 3.8) is 0 Å². The SMILES string of the molecule is CC(C)CCNC(=O)CCC(=O)c1ccc2c(c1)CCC2. The van der Waals surface area contributed by atoms with E-state index in [4.69, 9.17) is 0 Å². The molecule has 0 saturated carbocycles. The first-order valence-electron chi connectivity index (χ1n) is 7.98. The minimum Gasteiger partial charge on any atom is -0.356 e. The third-order valence-electron chi connectivity index (χ3n) is 4.04. The Balaban J connectivity index is 1.78. The second-order valence-electron chi connectivity index (χ2n) is 6.29. The molecule has 0 saturated heterocycles. The molecule has 0 atom stereocenters. The minimum absolute atomic E-state index is 0.0230. The van der Waals surface area contributed by atoms with Crippen molar-refractivity contribution >= 4 is 11.7 Å². The summed E-state index contributed by atoms with van der Waals surface area (Å²) in [6.07, 6.45) is 4.95. The van der Waals surface area contributed by atoms with Gasteiger partial charge in [-0.15, -0.1) is 0 Å². The van der Waals surface area contributed by atoms with Crippen molar-refractivity contribution in [3.05, 3.63) is 34.9 Å². The largest absolute Gasteiger partial charge is 0.356 e. The van der Waals surface area contributed by atoms with E-state index >= 15 is 0 Å². The van der Waals surface area contributed by atoms with E-state index in [2.05, 4.69) is 25.2 Å². The first-order valence-corrected chi connectivity index (χ1v) is 7.98. The Morgan fingerprint density at radius 3 is 2.67 bits per heavy atom. The summed E-state index contributed by atoms with van der Waals surface area (Å²) in [6, 6.07) is 5.99. The number of amides is 1. The van der Waals surface area contributed by atoms with Crippen molar-refractivity contribution in [2.45, 2.75) is 52.4 Å². The smallest absolute Gasteiger partial charge is 0.220 e. The third-order valence-corrected chi connectivity index (χ3v) is 4.04. The predicted octanol–water partition coefficient (Wildman–Crippen LogP) is 3.30. The van der Waals surface area contributed by atoms with Crippen molar-refractivity contribution in [1.82, 2.24) is 5.32 Å². The summed E-state index contributed by atoms with van der Waals surface area (Å²) in [5.74, 6) is 0.632. The van der Waals surface area contributed by atoms with Gasteiger partial charge in [-0.2, -0.15) is 0 Å². The van der Waals surface area contributed by atoms with Crippen LogP contribution in [0.2, 0.25) is 0 Å². The van der Waals surface area contributed by atoms with Gasteiger partial charge in [-0.05, 0) is 48.8 Å². The van der Waals surface area contributed by atoms with Gasteiger partial charge in [0.15, 0.2) is 5.78 Å². The minimum atomic E-state index is -0.0230. The second-order valence-corrected chi connectivity index (χ2v) is 6.29. The Kier molecular flexibility index (Phi) is 5.54. The molecule has 0 heterocycles. The molecule has 3 nitrogen and oxygen atoms in total. The van der Waals surface area contributed by atoms with Gasteiger partial charge in [-0.1, -0.05) is 26.0 Å². The van der Waals surface area contributed by atoms with E-state index in [0.29, 0.717) is 18.9 Å². The molecule has 0 bridgehead atoms. The highest BCUT2D eigenvalue weighted by Gasteiger charge is 2.14. The monoisotopic (exact) mass is 287 g/mol. The average Bonchev–Trinajstić information content (AvgIpc) is 2.91. The fourth-order valence-electron chi connectivity index (χ4n) is 2.71. The molecule has 1 aliphatic carbocycles. The third kappa shape index (κ3) is 4.69. The highest BCUT2D eigenvalue weighted by molar-refractivity contribution is 5.98. The van der Waals surface area contributed by atoms with Gasteiger partial charge in [-0.3, -0.25) is 9.59 Å². The molecule has 0 spiro atoms. The summed E-state index contributed by atoms with van der Waals surface area (Å²) < 4.78 is 0. The number of carbonyl (C=O) groups excluding carboxylic acids is 2. The number of Topliss-reactive ketones (excluding diaryl/α,β-unsaturated/α-hetero) is 1. The van der Waals surface area contributed by atoms with E-state index in [9.17, 15) is 9.59 Å². The molecule has 114 valence electrons. The van der Waals surface area contributed by atoms with E-state index in [1.54, 1.807) is 0 Å². The summed E-state index contributed by atoms with van der Waals surface area (Å²) in [4.78, 5) is 23.8. The number of nitrogens with one attached hydrogen (secondary N) is 1. The number of hydrogen-bond donors (Lipinski definition) is 1. The zero-order valence-electron chi connectivity index (χ0n) is 13.1. The van der Waals surface area contributed by atoms with Crippen molar-refractivity contribution in [1.29, 1.82) is 0 Å². The molecule has 0 radical (unpaired) electrons. The maximum absolute atomic E-state index is 12.2. The molecule has 2 rings (SSSR count). The summed E-state index contributed by atoms with van der Waals surface area (Å²) in [5.41, 5.74) is 3.44. The topological polar surface area (TPSA) is 46.2 Å². The van der Waals surface area contributed by atoms with E-state index < -0.39 is 0 Å². The second kappa shape index (κ2) is 7.39. The van der Waals surface area contributed by atoms with Crippen LogP contribution in [0.4, 0.5) is 0 Å². The predicted molar refractivity (Wildman–Crippen MR) is 84.5 cm³/mol. The number of ketones is 1. The molecular weight excluding hydrogens is 262 g/mol. The average molecular weight is 287 g/mol. The molecule has 1 amide bonds. The van der Waals surface area contributed by atoms with Crippen LogP contribution in [0.3, 0.4) is 0 Å². The fraction of sp³-hybridized carbons (Fsp3) is 0.556. The Morgan fingerprint density at radius 2 is 1.90 bits per heavy atom. The number of hydrogen-bond acceptors (Lipinski definition) is 2. The Morgan fingerprint density at radius 1 is 1.14 bits per heavy atom. The van der Waals surface area contributed by atoms with Gasteiger partial charge in [0.1, 0.15) is 0 Å². The van der Waals surface area contributed by atoms with Crippen LogP contribution in [-0.2, 0) is 17.6 Å². The highest BCUT2D eigenvalue weighted by atomic mass is 16.2. The van der Waals surface area contributed by atoms with E-state index in [1.165, 1.54) is 17.5 Å². The van der Waals surface area contributed by atoms with Crippen LogP contribution in [0, 0.1) is 5.92 Å². The lowest BCUT2D eigenvalue weighted by Gasteiger charge is -2.07. The van der Waals surface area contributed by atoms with Crippen LogP contribution in [-0.4, -0.2) is 18.2 Å². The van der Waals surface area contributed by atoms with Crippen LogP contribution in [0.25, 0.3) is 0 Å². The first-order chi connectivity index (χ1) is 10.1. The molecule has 1 aliphatic rings. The van der Waals surface area contributed by atoms with Gasteiger partial charge >= 0.3 is 0 Å². The van der Waals surface area contributed by atoms with Crippen molar-refractivity contribution in [3.8, 4) is 0 Å². The van der Waals surface area contributed by atoms with E-state index in [-0.39, 0.29) is 18.1 Å². The number of benzene rings is 1. The van der Waals surface area contributed by atoms with Gasteiger partial charge in [0, 0.05) is 24.9 Å². The quantitative estimate of drug-likeness (QED) is 0.782. The summed E-state index contributed by atoms with van der Waals surface area (Å²) in [5, 5.41) is 2.87. The Hall–Kier alpha value is -1.64. The lowest BCUT2D eigenvalue weighted by atomic mass is 10.0. The molecule has 0 fully saturated rings. The molecular formula is C18H25NO2. The van der Waals surface area contributed by atoms with Gasteiger partial charge in [-0.25, -0.2) is 0 Å². The van der Waals surface area contributed by atoms with Crippen molar-refractivity contribution in [2.75, 3.05) is 6.54 Å². The maximum atomic E-state index is 12.2. The summed E-state index contributed by atoms with van der Waals surface area (Å²) >= 11 is 0. The lowest BCUT2D eigenvalue weighted by Crippen LogP contribution is -2.25. The van der Waals surface area contributed by atoms with Gasteiger partial charge in [0.2, 0.25) is 5.91 Å². The van der Waals surface area contributed by atoms with Gasteiger partial charge in [0.25, 0.3) is 0 Å². The molecule has 21 heavy (non-hydrogen) atoms. The van der Waals surface area contributed by atoms with Crippen LogP contribution in [0.5, 0.6) is 0 Å². The van der Waals surface area contributed by atoms with Crippen LogP contribution in [0.1, 0.15) is 61.0 Å². The van der Waals surface area contributed by atoms with Crippen molar-refractivity contribution in [2.24, 2.45) is 5.92 Å². The van der Waals surface area contributed by atoms with Crippen LogP contribution in [0.15, 0.2) is 18.2 Å². The standard InChI is InChI=1S/C18H25NO2/c1-13(2)10-11-19-18(21)9-8-17(20)16-7-6-14-4-3-5-15(14)12-16/h6-7,12-13H,3-5,8-11H2,1-2H3,(H,19,21). The number of aryl methyl sites for hydroxylation is 2. The van der Waals surface area contributed by atoms with Gasteiger partial charge < -0.3 is 5.32 Å². The van der Waals surface area contributed by atoms with Crippen LogP contribution >= 0.6 is 0 Å². The Labute approximate surface area is 127 Å². The lowest BCUT2D eigenvalue weighted by molar-refractivity contribution is -0.121. The molecule has 0 unspecified atom stereocenters. The van der Waals surface area contributed by atoms with Crippen molar-refractivity contribution < 1.29 is 9.59 Å². The molecule has 1 aromatic carbocycles. The molecule has 3 heteroatoms. The summed E-state index contributed by atoms with van der Waals surface area (Å²) in [6.45, 7) is 4.95. The molecule has 0 aliphatic heterocycles. The first kappa shape index (κ1) is 15.7. The number of carbonyl (C=O) groups is 2. The molecule has 1 N–H and O–H groups in total. The zero-order chi connectivity index (χ0) is 15.2.